The quantitative estimate of drug-likeness (QED) is 0.279. The maximum Gasteiger partial charge on any atom is 0.410 e. The molecule has 1 amide bonds. The van der Waals surface area contributed by atoms with Crippen LogP contribution in [0, 0.1) is 5.92 Å². The molecule has 4 saturated heterocycles. The summed E-state index contributed by atoms with van der Waals surface area (Å²) in [6, 6.07) is 0.0702. The van der Waals surface area contributed by atoms with Gasteiger partial charge in [0.2, 0.25) is 0 Å². The number of carbonyl (C=O) groups excluding carboxylic acids is 1. The van der Waals surface area contributed by atoms with Crippen LogP contribution >= 0.6 is 0 Å². The van der Waals surface area contributed by atoms with Crippen molar-refractivity contribution in [2.45, 2.75) is 166 Å². The molecule has 0 aliphatic carbocycles. The van der Waals surface area contributed by atoms with Crippen LogP contribution in [0.5, 0.6) is 0 Å². The van der Waals surface area contributed by atoms with Crippen LogP contribution in [0.25, 0.3) is 0 Å². The maximum absolute atomic E-state index is 13.7. The zero-order valence-electron chi connectivity index (χ0n) is 26.4. The Bertz CT molecular complexity index is 784. The number of carbonyl (C=O) groups is 1. The third-order valence-corrected chi connectivity index (χ3v) is 15.0. The molecule has 4 heterocycles. The fourth-order valence-corrected chi connectivity index (χ4v) is 8.80. The fourth-order valence-electron chi connectivity index (χ4n) is 7.44. The van der Waals surface area contributed by atoms with Gasteiger partial charge in [0.25, 0.3) is 0 Å². The highest BCUT2D eigenvalue weighted by Gasteiger charge is 2.48. The minimum atomic E-state index is -1.98. The van der Waals surface area contributed by atoms with Crippen LogP contribution in [0.4, 0.5) is 4.79 Å². The van der Waals surface area contributed by atoms with Crippen molar-refractivity contribution in [3.05, 3.63) is 0 Å². The molecular formula is C31H58BNO5Si. The van der Waals surface area contributed by atoms with E-state index in [2.05, 4.69) is 33.9 Å². The first-order chi connectivity index (χ1) is 18.2. The Hall–Kier alpha value is -0.568. The van der Waals surface area contributed by atoms with E-state index in [0.717, 1.165) is 57.0 Å². The number of fused-ring (bicyclic) bond motifs is 2. The second-order valence-corrected chi connectivity index (χ2v) is 20.4. The molecule has 6 nitrogen and oxygen atoms in total. The summed E-state index contributed by atoms with van der Waals surface area (Å²) in [4.78, 5) is 15.7. The molecule has 4 fully saturated rings. The van der Waals surface area contributed by atoms with Gasteiger partial charge in [-0.25, -0.2) is 4.79 Å². The zero-order valence-corrected chi connectivity index (χ0v) is 27.4. The predicted octanol–water partition coefficient (Wildman–Crippen LogP) is 8.15. The third kappa shape index (κ3) is 8.26. The normalized spacial score (nSPS) is 31.3. The molecule has 2 bridgehead atoms. The lowest BCUT2D eigenvalue weighted by atomic mass is 9.25. The summed E-state index contributed by atoms with van der Waals surface area (Å²) in [5, 5.41) is 0.127. The van der Waals surface area contributed by atoms with Crippen molar-refractivity contribution < 1.29 is 23.4 Å². The summed E-state index contributed by atoms with van der Waals surface area (Å²) >= 11 is 0. The molecule has 224 valence electrons. The van der Waals surface area contributed by atoms with E-state index >= 15 is 0 Å². The Morgan fingerprint density at radius 2 is 1.62 bits per heavy atom. The van der Waals surface area contributed by atoms with Gasteiger partial charge in [0.15, 0.2) is 14.6 Å². The van der Waals surface area contributed by atoms with Crippen molar-refractivity contribution >= 4 is 21.1 Å². The van der Waals surface area contributed by atoms with Crippen LogP contribution < -0.4 is 0 Å². The van der Waals surface area contributed by atoms with Gasteiger partial charge in [0.1, 0.15) is 12.3 Å². The van der Waals surface area contributed by atoms with E-state index in [1.807, 2.05) is 25.7 Å². The van der Waals surface area contributed by atoms with Crippen LogP contribution in [0.15, 0.2) is 0 Å². The van der Waals surface area contributed by atoms with Gasteiger partial charge in [-0.05, 0) is 70.5 Å². The van der Waals surface area contributed by atoms with Crippen molar-refractivity contribution in [1.82, 2.24) is 4.90 Å². The van der Waals surface area contributed by atoms with Gasteiger partial charge < -0.3 is 23.5 Å². The maximum atomic E-state index is 13.7. The number of likely N-dealkylation sites (tertiary alicyclic amines) is 1. The number of rotatable bonds is 8. The molecule has 4 aliphatic rings. The molecule has 8 heteroatoms. The highest BCUT2D eigenvalue weighted by Crippen LogP contribution is 2.50. The first kappa shape index (κ1) is 31.4. The van der Waals surface area contributed by atoms with Crippen LogP contribution in [-0.4, -0.2) is 69.8 Å². The largest absolute Gasteiger partial charge is 0.444 e. The zero-order chi connectivity index (χ0) is 28.4. The smallest absolute Gasteiger partial charge is 0.410 e. The number of amides is 1. The van der Waals surface area contributed by atoms with E-state index in [1.54, 1.807) is 0 Å². The minimum Gasteiger partial charge on any atom is -0.444 e. The number of hydrogen-bond donors (Lipinski definition) is 0. The van der Waals surface area contributed by atoms with Crippen LogP contribution in [0.3, 0.4) is 0 Å². The second-order valence-electron chi connectivity index (χ2n) is 15.6. The summed E-state index contributed by atoms with van der Waals surface area (Å²) in [5.74, 6) is 1.94. The molecule has 0 radical (unpaired) electrons. The minimum absolute atomic E-state index is 0.0442. The van der Waals surface area contributed by atoms with E-state index in [-0.39, 0.29) is 35.5 Å². The Morgan fingerprint density at radius 3 is 2.15 bits per heavy atom. The van der Waals surface area contributed by atoms with Crippen molar-refractivity contribution in [3.63, 3.8) is 0 Å². The Labute approximate surface area is 240 Å². The van der Waals surface area contributed by atoms with E-state index in [1.165, 1.54) is 38.5 Å². The summed E-state index contributed by atoms with van der Waals surface area (Å²) < 4.78 is 25.4. The molecular weight excluding hydrogens is 505 g/mol. The van der Waals surface area contributed by atoms with Crippen molar-refractivity contribution in [2.75, 3.05) is 19.8 Å². The topological polar surface area (TPSA) is 57.2 Å². The number of nitrogens with zero attached hydrogens (tertiary/aromatic N) is 1. The summed E-state index contributed by atoms with van der Waals surface area (Å²) in [6.45, 7) is 20.2. The Kier molecular flexibility index (Phi) is 10.3. The lowest BCUT2D eigenvalue weighted by molar-refractivity contribution is -0.170. The SMILES string of the molecule is CC(C)(C)OC(=O)N1C[C@H](O[Si](C)(C)C(C)(C)C)C[C@H]1C(COC1CCCCO1)CB1C2CCCC1CCC2. The summed E-state index contributed by atoms with van der Waals surface area (Å²) in [6.07, 6.45) is 13.3. The Balaban J connectivity index is 1.57. The van der Waals surface area contributed by atoms with Gasteiger partial charge in [0.05, 0.1) is 12.7 Å². The van der Waals surface area contributed by atoms with Gasteiger partial charge in [-0.15, -0.1) is 0 Å². The standard InChI is InChI=1S/C31H58BNO5Si/c1-30(2,3)37-29(34)33-21-26(38-39(7,8)31(4,5)6)19-27(33)23(22-36-28-17-9-10-18-35-28)20-32-24-13-11-14-25(32)16-12-15-24/h23-28H,9-22H2,1-8H3/t23?,24?,25?,26-,27+,28?/m1/s1. The molecule has 4 aliphatic heterocycles. The first-order valence-corrected chi connectivity index (χ1v) is 19.0. The Morgan fingerprint density at radius 1 is 0.974 bits per heavy atom. The molecule has 0 aromatic carbocycles. The van der Waals surface area contributed by atoms with E-state index in [0.29, 0.717) is 13.2 Å². The molecule has 0 aromatic rings. The molecule has 4 rings (SSSR count). The van der Waals surface area contributed by atoms with Crippen molar-refractivity contribution in [1.29, 1.82) is 0 Å². The molecule has 0 N–H and O–H groups in total. The van der Waals surface area contributed by atoms with Gasteiger partial charge in [-0.2, -0.15) is 0 Å². The van der Waals surface area contributed by atoms with Gasteiger partial charge >= 0.3 is 6.09 Å². The van der Waals surface area contributed by atoms with E-state index < -0.39 is 13.9 Å². The summed E-state index contributed by atoms with van der Waals surface area (Å²) in [5.41, 5.74) is -0.525. The van der Waals surface area contributed by atoms with Crippen molar-refractivity contribution in [3.8, 4) is 0 Å². The fraction of sp³-hybridized carbons (Fsp3) is 0.968. The first-order valence-electron chi connectivity index (χ1n) is 16.1. The predicted molar refractivity (Wildman–Crippen MR) is 162 cm³/mol. The molecule has 0 saturated carbocycles. The second kappa shape index (κ2) is 12.7. The average molecular weight is 564 g/mol. The lowest BCUT2D eigenvalue weighted by Crippen LogP contribution is -2.47. The van der Waals surface area contributed by atoms with E-state index in [4.69, 9.17) is 18.6 Å². The van der Waals surface area contributed by atoms with Gasteiger partial charge in [-0.3, -0.25) is 0 Å². The average Bonchev–Trinajstić information content (AvgIpc) is 3.23. The highest BCUT2D eigenvalue weighted by atomic mass is 28.4. The molecule has 39 heavy (non-hydrogen) atoms. The molecule has 2 unspecified atom stereocenters. The lowest BCUT2D eigenvalue weighted by Gasteiger charge is -2.43. The molecule has 4 atom stereocenters. The summed E-state index contributed by atoms with van der Waals surface area (Å²) in [7, 11) is -1.98. The number of ether oxygens (including phenoxy) is 3. The monoisotopic (exact) mass is 563 g/mol. The van der Waals surface area contributed by atoms with Gasteiger partial charge in [0, 0.05) is 19.2 Å². The molecule has 0 aromatic heterocycles. The highest BCUT2D eigenvalue weighted by molar-refractivity contribution is 6.74. The molecule has 0 spiro atoms. The van der Waals surface area contributed by atoms with Crippen LogP contribution in [0.1, 0.15) is 106 Å². The van der Waals surface area contributed by atoms with E-state index in [9.17, 15) is 4.79 Å². The third-order valence-electron chi connectivity index (χ3n) is 10.5. The van der Waals surface area contributed by atoms with Crippen LogP contribution in [0.2, 0.25) is 36.1 Å². The van der Waals surface area contributed by atoms with Crippen molar-refractivity contribution in [2.24, 2.45) is 5.92 Å². The van der Waals surface area contributed by atoms with Gasteiger partial charge in [-0.1, -0.05) is 77.3 Å². The number of hydrogen-bond acceptors (Lipinski definition) is 5. The van der Waals surface area contributed by atoms with Crippen LogP contribution in [-0.2, 0) is 18.6 Å².